The summed E-state index contributed by atoms with van der Waals surface area (Å²) in [7, 11) is 3.21. The number of carbonyl (C=O) groups excluding carboxylic acids is 2. The normalized spacial score (nSPS) is 10.6. The van der Waals surface area contributed by atoms with Crippen LogP contribution in [-0.4, -0.2) is 50.6 Å². The van der Waals surface area contributed by atoms with E-state index in [9.17, 15) is 9.59 Å². The van der Waals surface area contributed by atoms with Gasteiger partial charge in [0.05, 0.1) is 13.7 Å². The number of hydrogen-bond acceptors (Lipinski definition) is 5. The Morgan fingerprint density at radius 2 is 1.83 bits per heavy atom. The zero-order valence-electron chi connectivity index (χ0n) is 16.9. The molecular weight excluding hydrogens is 372 g/mol. The SMILES string of the molecule is COc1cc(/C=C/C(=O)N(C)CCOc2ccccc2C)ccc1OCC(N)=O. The average molecular weight is 398 g/mol. The lowest BCUT2D eigenvalue weighted by molar-refractivity contribution is -0.125. The molecule has 0 aliphatic carbocycles. The van der Waals surface area contributed by atoms with Gasteiger partial charge >= 0.3 is 0 Å². The maximum absolute atomic E-state index is 12.3. The molecule has 2 aromatic rings. The summed E-state index contributed by atoms with van der Waals surface area (Å²) in [5.41, 5.74) is 6.89. The van der Waals surface area contributed by atoms with Crippen molar-refractivity contribution in [3.63, 3.8) is 0 Å². The third-order valence-electron chi connectivity index (χ3n) is 4.13. The van der Waals surface area contributed by atoms with Gasteiger partial charge in [-0.2, -0.15) is 0 Å². The molecule has 0 radical (unpaired) electrons. The lowest BCUT2D eigenvalue weighted by Gasteiger charge is -2.16. The van der Waals surface area contributed by atoms with Crippen LogP contribution in [-0.2, 0) is 9.59 Å². The Bertz CT molecular complexity index is 879. The summed E-state index contributed by atoms with van der Waals surface area (Å²) in [5, 5.41) is 0. The molecule has 0 aromatic heterocycles. The molecule has 0 spiro atoms. The standard InChI is InChI=1S/C22H26N2O5/c1-16-6-4-5-7-18(16)28-13-12-24(2)22(26)11-9-17-8-10-19(20(14-17)27-3)29-15-21(23)25/h4-11,14H,12-13,15H2,1-3H3,(H2,23,25)/b11-9+. The fourth-order valence-electron chi connectivity index (χ4n) is 2.47. The van der Waals surface area contributed by atoms with Crippen molar-refractivity contribution in [3.8, 4) is 17.2 Å². The number of carbonyl (C=O) groups is 2. The summed E-state index contributed by atoms with van der Waals surface area (Å²) in [4.78, 5) is 24.7. The summed E-state index contributed by atoms with van der Waals surface area (Å²) in [6.45, 7) is 2.60. The molecule has 0 fully saturated rings. The average Bonchev–Trinajstić information content (AvgIpc) is 2.71. The van der Waals surface area contributed by atoms with Crippen LogP contribution >= 0.6 is 0 Å². The van der Waals surface area contributed by atoms with Gasteiger partial charge in [0, 0.05) is 13.1 Å². The minimum atomic E-state index is -0.573. The van der Waals surface area contributed by atoms with E-state index in [2.05, 4.69) is 0 Å². The van der Waals surface area contributed by atoms with E-state index in [1.165, 1.54) is 13.2 Å². The molecule has 0 unspecified atom stereocenters. The van der Waals surface area contributed by atoms with Crippen molar-refractivity contribution in [2.75, 3.05) is 33.9 Å². The van der Waals surface area contributed by atoms with Gasteiger partial charge in [0.25, 0.3) is 5.91 Å². The zero-order valence-corrected chi connectivity index (χ0v) is 16.9. The molecule has 29 heavy (non-hydrogen) atoms. The number of nitrogens with zero attached hydrogens (tertiary/aromatic N) is 1. The highest BCUT2D eigenvalue weighted by atomic mass is 16.5. The van der Waals surface area contributed by atoms with Crippen molar-refractivity contribution < 1.29 is 23.8 Å². The van der Waals surface area contributed by atoms with Crippen molar-refractivity contribution in [1.82, 2.24) is 4.90 Å². The number of methoxy groups -OCH3 is 1. The van der Waals surface area contributed by atoms with Crippen LogP contribution in [0.4, 0.5) is 0 Å². The highest BCUT2D eigenvalue weighted by Gasteiger charge is 2.08. The van der Waals surface area contributed by atoms with E-state index < -0.39 is 5.91 Å². The molecule has 0 saturated heterocycles. The van der Waals surface area contributed by atoms with Gasteiger partial charge in [-0.15, -0.1) is 0 Å². The fraction of sp³-hybridized carbons (Fsp3) is 0.273. The van der Waals surface area contributed by atoms with Crippen molar-refractivity contribution >= 4 is 17.9 Å². The first kappa shape index (κ1) is 21.8. The van der Waals surface area contributed by atoms with Gasteiger partial charge in [0.15, 0.2) is 18.1 Å². The maximum atomic E-state index is 12.3. The zero-order chi connectivity index (χ0) is 21.2. The lowest BCUT2D eigenvalue weighted by atomic mass is 10.2. The predicted molar refractivity (Wildman–Crippen MR) is 111 cm³/mol. The number of ether oxygens (including phenoxy) is 3. The summed E-state index contributed by atoms with van der Waals surface area (Å²) < 4.78 is 16.3. The van der Waals surface area contributed by atoms with Gasteiger partial charge in [0.2, 0.25) is 5.91 Å². The Hall–Kier alpha value is -3.48. The molecule has 0 aliphatic rings. The number of benzene rings is 2. The topological polar surface area (TPSA) is 91.1 Å². The molecule has 2 N–H and O–H groups in total. The van der Waals surface area contributed by atoms with Gasteiger partial charge < -0.3 is 24.8 Å². The summed E-state index contributed by atoms with van der Waals surface area (Å²) >= 11 is 0. The van der Waals surface area contributed by atoms with Crippen LogP contribution in [0.25, 0.3) is 6.08 Å². The highest BCUT2D eigenvalue weighted by molar-refractivity contribution is 5.91. The van der Waals surface area contributed by atoms with Gasteiger partial charge in [-0.1, -0.05) is 24.3 Å². The van der Waals surface area contributed by atoms with Crippen molar-refractivity contribution in [2.24, 2.45) is 5.73 Å². The molecule has 7 nitrogen and oxygen atoms in total. The minimum absolute atomic E-state index is 0.147. The fourth-order valence-corrected chi connectivity index (χ4v) is 2.47. The van der Waals surface area contributed by atoms with Gasteiger partial charge in [-0.05, 0) is 42.3 Å². The second-order valence-corrected chi connectivity index (χ2v) is 6.37. The van der Waals surface area contributed by atoms with Crippen LogP contribution in [0.3, 0.4) is 0 Å². The Balaban J connectivity index is 1.90. The second kappa shape index (κ2) is 10.8. The van der Waals surface area contributed by atoms with Crippen molar-refractivity contribution in [2.45, 2.75) is 6.92 Å². The number of rotatable bonds is 10. The Morgan fingerprint density at radius 1 is 1.07 bits per heavy atom. The van der Waals surface area contributed by atoms with Gasteiger partial charge in [-0.25, -0.2) is 0 Å². The van der Waals surface area contributed by atoms with Crippen molar-refractivity contribution in [1.29, 1.82) is 0 Å². The lowest BCUT2D eigenvalue weighted by Crippen LogP contribution is -2.29. The molecule has 2 rings (SSSR count). The third kappa shape index (κ3) is 6.88. The summed E-state index contributed by atoms with van der Waals surface area (Å²) in [6, 6.07) is 12.9. The number of likely N-dealkylation sites (N-methyl/N-ethyl adjacent to an activating group) is 1. The van der Waals surface area contributed by atoms with Crippen LogP contribution in [0.2, 0.25) is 0 Å². The molecular formula is C22H26N2O5. The Labute approximate surface area is 170 Å². The first-order valence-electron chi connectivity index (χ1n) is 9.11. The molecule has 154 valence electrons. The van der Waals surface area contributed by atoms with E-state index in [0.29, 0.717) is 24.7 Å². The molecule has 0 atom stereocenters. The minimum Gasteiger partial charge on any atom is -0.493 e. The number of amides is 2. The molecule has 0 heterocycles. The van der Waals surface area contributed by atoms with Crippen LogP contribution in [0, 0.1) is 6.92 Å². The number of aryl methyl sites for hydroxylation is 1. The first-order valence-corrected chi connectivity index (χ1v) is 9.11. The maximum Gasteiger partial charge on any atom is 0.255 e. The summed E-state index contributed by atoms with van der Waals surface area (Å²) in [6.07, 6.45) is 3.16. The number of para-hydroxylation sites is 1. The number of nitrogens with two attached hydrogens (primary N) is 1. The molecule has 2 aromatic carbocycles. The molecule has 2 amide bonds. The van der Waals surface area contributed by atoms with Crippen molar-refractivity contribution in [3.05, 3.63) is 59.7 Å². The Kier molecular flexibility index (Phi) is 8.09. The molecule has 0 aliphatic heterocycles. The Morgan fingerprint density at radius 3 is 2.52 bits per heavy atom. The highest BCUT2D eigenvalue weighted by Crippen LogP contribution is 2.28. The van der Waals surface area contributed by atoms with Crippen LogP contribution in [0.1, 0.15) is 11.1 Å². The van der Waals surface area contributed by atoms with E-state index in [-0.39, 0.29) is 12.5 Å². The third-order valence-corrected chi connectivity index (χ3v) is 4.13. The van der Waals surface area contributed by atoms with E-state index in [1.54, 1.807) is 36.2 Å². The first-order chi connectivity index (χ1) is 13.9. The van der Waals surface area contributed by atoms with E-state index >= 15 is 0 Å². The van der Waals surface area contributed by atoms with Gasteiger partial charge in [-0.3, -0.25) is 9.59 Å². The quantitative estimate of drug-likeness (QED) is 0.621. The summed E-state index contributed by atoms with van der Waals surface area (Å²) in [5.74, 6) is 0.943. The molecule has 0 bridgehead atoms. The van der Waals surface area contributed by atoms with E-state index in [1.807, 2.05) is 31.2 Å². The van der Waals surface area contributed by atoms with Crippen LogP contribution in [0.5, 0.6) is 17.2 Å². The largest absolute Gasteiger partial charge is 0.493 e. The number of hydrogen-bond donors (Lipinski definition) is 1. The van der Waals surface area contributed by atoms with Gasteiger partial charge in [0.1, 0.15) is 12.4 Å². The van der Waals surface area contributed by atoms with E-state index in [0.717, 1.165) is 16.9 Å². The second-order valence-electron chi connectivity index (χ2n) is 6.37. The molecule has 0 saturated carbocycles. The predicted octanol–water partition coefficient (Wildman–Crippen LogP) is 2.42. The van der Waals surface area contributed by atoms with Crippen LogP contribution in [0.15, 0.2) is 48.5 Å². The van der Waals surface area contributed by atoms with E-state index in [4.69, 9.17) is 19.9 Å². The monoisotopic (exact) mass is 398 g/mol. The molecule has 7 heteroatoms. The van der Waals surface area contributed by atoms with Crippen LogP contribution < -0.4 is 19.9 Å². The number of primary amides is 1. The smallest absolute Gasteiger partial charge is 0.255 e.